The van der Waals surface area contributed by atoms with Crippen LogP contribution in [-0.4, -0.2) is 60.3 Å². The standard InChI is InChI=1S/C12H20N2O3.C11H17NO3/c1-12(2,3)13-6-11(17)8-4-5-10(16)9(7-15)14-8;1-7(2)12-6-11(15)8-3-4-9(13)10(14)5-8/h4-5,11,13,15-17H,6-7H2,1-3H3;3-5,7,11-15H,6H2,1-2H3. The lowest BCUT2D eigenvalue weighted by molar-refractivity contribution is 0.158. The molecule has 1 aromatic heterocycles. The zero-order chi connectivity index (χ0) is 24.5. The van der Waals surface area contributed by atoms with Crippen LogP contribution < -0.4 is 10.6 Å². The Morgan fingerprint density at radius 3 is 2.03 bits per heavy atom. The highest BCUT2D eigenvalue weighted by Crippen LogP contribution is 2.27. The Morgan fingerprint density at radius 2 is 1.50 bits per heavy atom. The molecule has 1 heterocycles. The second-order valence-corrected chi connectivity index (χ2v) is 8.83. The van der Waals surface area contributed by atoms with E-state index in [1.807, 2.05) is 34.6 Å². The lowest BCUT2D eigenvalue weighted by atomic mass is 10.1. The van der Waals surface area contributed by atoms with Crippen LogP contribution in [0.2, 0.25) is 0 Å². The zero-order valence-corrected chi connectivity index (χ0v) is 19.4. The number of phenolic OH excluding ortho intramolecular Hbond substituents is 2. The van der Waals surface area contributed by atoms with E-state index in [1.54, 1.807) is 12.1 Å². The molecule has 2 atom stereocenters. The van der Waals surface area contributed by atoms with Gasteiger partial charge in [0.15, 0.2) is 11.5 Å². The third kappa shape index (κ3) is 9.80. The van der Waals surface area contributed by atoms with Crippen molar-refractivity contribution in [3.8, 4) is 17.2 Å². The van der Waals surface area contributed by atoms with Crippen LogP contribution in [-0.2, 0) is 6.61 Å². The second kappa shape index (κ2) is 12.6. The Bertz CT molecular complexity index is 839. The van der Waals surface area contributed by atoms with Gasteiger partial charge in [0.2, 0.25) is 0 Å². The number of benzene rings is 1. The molecule has 2 unspecified atom stereocenters. The summed E-state index contributed by atoms with van der Waals surface area (Å²) in [4.78, 5) is 4.00. The Balaban J connectivity index is 0.000000323. The van der Waals surface area contributed by atoms with E-state index < -0.39 is 12.2 Å². The van der Waals surface area contributed by atoms with Gasteiger partial charge in [-0.3, -0.25) is 0 Å². The fourth-order valence-electron chi connectivity index (χ4n) is 2.53. The van der Waals surface area contributed by atoms with Crippen LogP contribution in [0.3, 0.4) is 0 Å². The Hall–Kier alpha value is -2.43. The maximum Gasteiger partial charge on any atom is 0.157 e. The molecule has 9 heteroatoms. The Labute approximate surface area is 189 Å². The van der Waals surface area contributed by atoms with Gasteiger partial charge in [-0.2, -0.15) is 0 Å². The molecule has 0 amide bonds. The first-order chi connectivity index (χ1) is 14.8. The summed E-state index contributed by atoms with van der Waals surface area (Å²) in [5.74, 6) is -0.453. The molecule has 0 aliphatic rings. The third-order valence-electron chi connectivity index (χ3n) is 4.39. The number of nitrogens with one attached hydrogen (secondary N) is 2. The molecule has 0 saturated carbocycles. The molecule has 0 fully saturated rings. The number of phenols is 2. The molecule has 32 heavy (non-hydrogen) atoms. The van der Waals surface area contributed by atoms with E-state index in [9.17, 15) is 20.4 Å². The van der Waals surface area contributed by atoms with Crippen molar-refractivity contribution >= 4 is 0 Å². The van der Waals surface area contributed by atoms with Crippen molar-refractivity contribution in [2.75, 3.05) is 13.1 Å². The van der Waals surface area contributed by atoms with E-state index in [2.05, 4.69) is 15.6 Å². The van der Waals surface area contributed by atoms with E-state index in [4.69, 9.17) is 10.2 Å². The highest BCUT2D eigenvalue weighted by Gasteiger charge is 2.16. The van der Waals surface area contributed by atoms with Crippen molar-refractivity contribution in [1.82, 2.24) is 15.6 Å². The van der Waals surface area contributed by atoms with Crippen molar-refractivity contribution in [1.29, 1.82) is 0 Å². The van der Waals surface area contributed by atoms with Crippen LogP contribution in [0, 0.1) is 0 Å². The van der Waals surface area contributed by atoms with Gasteiger partial charge in [-0.15, -0.1) is 0 Å². The molecule has 1 aromatic carbocycles. The molecule has 0 radical (unpaired) electrons. The number of hydrogen-bond acceptors (Lipinski definition) is 9. The minimum Gasteiger partial charge on any atom is -0.506 e. The van der Waals surface area contributed by atoms with E-state index in [0.29, 0.717) is 30.4 Å². The predicted molar refractivity (Wildman–Crippen MR) is 122 cm³/mol. The molecule has 2 aromatic rings. The zero-order valence-electron chi connectivity index (χ0n) is 19.4. The fraction of sp³-hybridized carbons (Fsp3) is 0.522. The predicted octanol–water partition coefficient (Wildman–Crippen LogP) is 1.83. The summed E-state index contributed by atoms with van der Waals surface area (Å²) in [6, 6.07) is 7.58. The molecule has 0 spiro atoms. The molecule has 2 rings (SSSR count). The van der Waals surface area contributed by atoms with Gasteiger partial charge in [-0.25, -0.2) is 4.98 Å². The van der Waals surface area contributed by atoms with E-state index in [0.717, 1.165) is 0 Å². The Kier molecular flexibility index (Phi) is 10.8. The van der Waals surface area contributed by atoms with Crippen LogP contribution in [0.15, 0.2) is 30.3 Å². The van der Waals surface area contributed by atoms with Gasteiger partial charge in [0.25, 0.3) is 0 Å². The van der Waals surface area contributed by atoms with Crippen LogP contribution >= 0.6 is 0 Å². The number of rotatable bonds is 8. The number of nitrogens with zero attached hydrogens (tertiary/aromatic N) is 1. The molecule has 8 N–H and O–H groups in total. The number of aromatic nitrogens is 1. The van der Waals surface area contributed by atoms with Gasteiger partial charge in [0.1, 0.15) is 17.5 Å². The number of aliphatic hydroxyl groups is 3. The van der Waals surface area contributed by atoms with Crippen molar-refractivity contribution < 1.29 is 30.6 Å². The normalized spacial score (nSPS) is 13.4. The average Bonchev–Trinajstić information content (AvgIpc) is 2.72. The van der Waals surface area contributed by atoms with Crippen LogP contribution in [0.5, 0.6) is 17.2 Å². The largest absolute Gasteiger partial charge is 0.506 e. The van der Waals surface area contributed by atoms with Gasteiger partial charge in [-0.1, -0.05) is 19.9 Å². The summed E-state index contributed by atoms with van der Waals surface area (Å²) in [5, 5.41) is 62.5. The van der Waals surface area contributed by atoms with E-state index in [1.165, 1.54) is 18.2 Å². The SMILES string of the molecule is CC(C)(C)NCC(O)c1ccc(O)c(CO)n1.CC(C)NCC(O)c1ccc(O)c(O)c1. The summed E-state index contributed by atoms with van der Waals surface area (Å²) >= 11 is 0. The minimum atomic E-state index is -0.764. The summed E-state index contributed by atoms with van der Waals surface area (Å²) < 4.78 is 0. The van der Waals surface area contributed by atoms with Crippen molar-refractivity contribution in [3.05, 3.63) is 47.3 Å². The summed E-state index contributed by atoms with van der Waals surface area (Å²) in [6.07, 6.45) is -1.45. The number of pyridine rings is 1. The first-order valence-corrected chi connectivity index (χ1v) is 10.5. The maximum atomic E-state index is 9.91. The quantitative estimate of drug-likeness (QED) is 0.280. The molecule has 0 saturated heterocycles. The molecule has 180 valence electrons. The van der Waals surface area contributed by atoms with Crippen LogP contribution in [0.25, 0.3) is 0 Å². The van der Waals surface area contributed by atoms with Crippen LogP contribution in [0.4, 0.5) is 0 Å². The first-order valence-electron chi connectivity index (χ1n) is 10.5. The van der Waals surface area contributed by atoms with E-state index >= 15 is 0 Å². The highest BCUT2D eigenvalue weighted by atomic mass is 16.3. The second-order valence-electron chi connectivity index (χ2n) is 8.83. The average molecular weight is 452 g/mol. The van der Waals surface area contributed by atoms with Crippen molar-refractivity contribution in [2.24, 2.45) is 0 Å². The molecular formula is C23H37N3O6. The van der Waals surface area contributed by atoms with Gasteiger partial charge in [-0.05, 0) is 50.6 Å². The molecular weight excluding hydrogens is 414 g/mol. The summed E-state index contributed by atoms with van der Waals surface area (Å²) in [5.41, 5.74) is 1.11. The lowest BCUT2D eigenvalue weighted by Gasteiger charge is -2.22. The smallest absolute Gasteiger partial charge is 0.157 e. The number of aromatic hydroxyl groups is 3. The van der Waals surface area contributed by atoms with Crippen molar-refractivity contribution in [3.63, 3.8) is 0 Å². The number of aliphatic hydroxyl groups excluding tert-OH is 3. The minimum absolute atomic E-state index is 0.0627. The molecule has 0 aliphatic heterocycles. The topological polar surface area (TPSA) is 158 Å². The first kappa shape index (κ1) is 27.6. The van der Waals surface area contributed by atoms with Gasteiger partial charge >= 0.3 is 0 Å². The molecule has 0 aliphatic carbocycles. The summed E-state index contributed by atoms with van der Waals surface area (Å²) in [6.45, 7) is 10.4. The maximum absolute atomic E-state index is 9.91. The highest BCUT2D eigenvalue weighted by molar-refractivity contribution is 5.41. The third-order valence-corrected chi connectivity index (χ3v) is 4.39. The van der Waals surface area contributed by atoms with Gasteiger partial charge in [0.05, 0.1) is 18.4 Å². The van der Waals surface area contributed by atoms with Crippen LogP contribution in [0.1, 0.15) is 63.8 Å². The number of hydrogen-bond donors (Lipinski definition) is 8. The Morgan fingerprint density at radius 1 is 0.875 bits per heavy atom. The molecule has 9 nitrogen and oxygen atoms in total. The van der Waals surface area contributed by atoms with Crippen molar-refractivity contribution in [2.45, 2.75) is 65.0 Å². The summed E-state index contributed by atoms with van der Waals surface area (Å²) in [7, 11) is 0. The van der Waals surface area contributed by atoms with Gasteiger partial charge in [0, 0.05) is 24.7 Å². The fourth-order valence-corrected chi connectivity index (χ4v) is 2.53. The van der Waals surface area contributed by atoms with E-state index in [-0.39, 0.29) is 35.1 Å². The molecule has 0 bridgehead atoms. The number of β-amino-alcohol motifs (C(OH)–C–C–N with tert-alkyl or cyclic N) is 1. The lowest BCUT2D eigenvalue weighted by Crippen LogP contribution is -2.38. The van der Waals surface area contributed by atoms with Gasteiger partial charge < -0.3 is 41.3 Å². The monoisotopic (exact) mass is 451 g/mol.